The Balaban J connectivity index is 1.98. The standard InChI is InChI=1S/C12H12N2O4/c1-2-16-12(15)10-9(7-3-4-7)13-11(18-10)8-5-6-17-14-8/h5-7H,2-4H2,1H3. The lowest BCUT2D eigenvalue weighted by Crippen LogP contribution is -2.05. The van der Waals surface area contributed by atoms with Crippen LogP contribution in [-0.4, -0.2) is 22.7 Å². The highest BCUT2D eigenvalue weighted by Crippen LogP contribution is 2.42. The number of carbonyl (C=O) groups excluding carboxylic acids is 1. The van der Waals surface area contributed by atoms with Gasteiger partial charge in [-0.1, -0.05) is 5.16 Å². The van der Waals surface area contributed by atoms with E-state index in [1.54, 1.807) is 13.0 Å². The Morgan fingerprint density at radius 1 is 1.56 bits per heavy atom. The van der Waals surface area contributed by atoms with E-state index >= 15 is 0 Å². The van der Waals surface area contributed by atoms with Gasteiger partial charge in [-0.15, -0.1) is 0 Å². The number of ether oxygens (including phenoxy) is 1. The maximum atomic E-state index is 11.8. The van der Waals surface area contributed by atoms with Crippen molar-refractivity contribution >= 4 is 5.97 Å². The molecule has 1 fully saturated rings. The lowest BCUT2D eigenvalue weighted by Gasteiger charge is -1.98. The highest BCUT2D eigenvalue weighted by molar-refractivity contribution is 5.88. The zero-order valence-electron chi connectivity index (χ0n) is 9.88. The fraction of sp³-hybridized carbons (Fsp3) is 0.417. The van der Waals surface area contributed by atoms with Gasteiger partial charge in [-0.2, -0.15) is 0 Å². The van der Waals surface area contributed by atoms with Crippen LogP contribution in [0.25, 0.3) is 11.6 Å². The van der Waals surface area contributed by atoms with Gasteiger partial charge in [0, 0.05) is 12.0 Å². The van der Waals surface area contributed by atoms with Crippen molar-refractivity contribution in [2.24, 2.45) is 0 Å². The second-order valence-electron chi connectivity index (χ2n) is 4.11. The average Bonchev–Trinajstić information content (AvgIpc) is 2.92. The van der Waals surface area contributed by atoms with Crippen LogP contribution in [0.4, 0.5) is 0 Å². The molecule has 1 saturated carbocycles. The molecule has 0 radical (unpaired) electrons. The van der Waals surface area contributed by atoms with E-state index in [0.717, 1.165) is 12.8 Å². The molecule has 94 valence electrons. The van der Waals surface area contributed by atoms with Gasteiger partial charge < -0.3 is 13.7 Å². The molecule has 0 aromatic carbocycles. The molecular formula is C12H12N2O4. The second kappa shape index (κ2) is 4.29. The zero-order valence-corrected chi connectivity index (χ0v) is 9.88. The molecule has 0 saturated heterocycles. The fourth-order valence-electron chi connectivity index (χ4n) is 1.74. The molecule has 0 atom stereocenters. The highest BCUT2D eigenvalue weighted by atomic mass is 16.5. The van der Waals surface area contributed by atoms with Crippen LogP contribution in [-0.2, 0) is 4.74 Å². The van der Waals surface area contributed by atoms with Crippen LogP contribution in [0, 0.1) is 0 Å². The van der Waals surface area contributed by atoms with Crippen molar-refractivity contribution in [3.05, 3.63) is 23.8 Å². The third-order valence-electron chi connectivity index (χ3n) is 2.74. The number of aromatic nitrogens is 2. The second-order valence-corrected chi connectivity index (χ2v) is 4.11. The maximum Gasteiger partial charge on any atom is 0.376 e. The van der Waals surface area contributed by atoms with E-state index in [1.807, 2.05) is 0 Å². The molecule has 6 heteroatoms. The van der Waals surface area contributed by atoms with Crippen molar-refractivity contribution in [3.63, 3.8) is 0 Å². The van der Waals surface area contributed by atoms with E-state index < -0.39 is 5.97 Å². The Hall–Kier alpha value is -2.11. The highest BCUT2D eigenvalue weighted by Gasteiger charge is 2.34. The lowest BCUT2D eigenvalue weighted by molar-refractivity contribution is 0.0489. The van der Waals surface area contributed by atoms with Gasteiger partial charge in [-0.3, -0.25) is 0 Å². The molecule has 2 aromatic rings. The molecule has 0 N–H and O–H groups in total. The van der Waals surface area contributed by atoms with E-state index in [4.69, 9.17) is 13.7 Å². The number of esters is 1. The largest absolute Gasteiger partial charge is 0.460 e. The average molecular weight is 248 g/mol. The van der Waals surface area contributed by atoms with Gasteiger partial charge in [0.25, 0.3) is 0 Å². The van der Waals surface area contributed by atoms with Gasteiger partial charge >= 0.3 is 5.97 Å². The molecule has 0 unspecified atom stereocenters. The predicted octanol–water partition coefficient (Wildman–Crippen LogP) is 2.38. The number of hydrogen-bond donors (Lipinski definition) is 0. The molecule has 2 aromatic heterocycles. The first kappa shape index (κ1) is 11.0. The first-order chi connectivity index (χ1) is 8.79. The molecular weight excluding hydrogens is 236 g/mol. The van der Waals surface area contributed by atoms with Crippen LogP contribution in [0.5, 0.6) is 0 Å². The number of hydrogen-bond acceptors (Lipinski definition) is 6. The topological polar surface area (TPSA) is 78.4 Å². The summed E-state index contributed by atoms with van der Waals surface area (Å²) in [7, 11) is 0. The summed E-state index contributed by atoms with van der Waals surface area (Å²) in [4.78, 5) is 16.1. The molecule has 2 heterocycles. The maximum absolute atomic E-state index is 11.8. The molecule has 0 amide bonds. The molecule has 6 nitrogen and oxygen atoms in total. The smallest absolute Gasteiger partial charge is 0.376 e. The van der Waals surface area contributed by atoms with E-state index in [1.165, 1.54) is 6.26 Å². The summed E-state index contributed by atoms with van der Waals surface area (Å²) in [5.41, 5.74) is 1.15. The Bertz CT molecular complexity index is 555. The van der Waals surface area contributed by atoms with Crippen LogP contribution < -0.4 is 0 Å². The molecule has 1 aliphatic carbocycles. The minimum atomic E-state index is -0.471. The Morgan fingerprint density at radius 2 is 2.39 bits per heavy atom. The summed E-state index contributed by atoms with van der Waals surface area (Å²) in [6.45, 7) is 2.06. The molecule has 18 heavy (non-hydrogen) atoms. The monoisotopic (exact) mass is 248 g/mol. The lowest BCUT2D eigenvalue weighted by atomic mass is 10.2. The van der Waals surface area contributed by atoms with Crippen LogP contribution in [0.1, 0.15) is 41.9 Å². The number of oxazole rings is 1. The van der Waals surface area contributed by atoms with Crippen molar-refractivity contribution in [3.8, 4) is 11.6 Å². The van der Waals surface area contributed by atoms with Crippen LogP contribution in [0.3, 0.4) is 0 Å². The van der Waals surface area contributed by atoms with Crippen LogP contribution in [0.2, 0.25) is 0 Å². The third kappa shape index (κ3) is 1.90. The fourth-order valence-corrected chi connectivity index (χ4v) is 1.74. The molecule has 1 aliphatic rings. The number of rotatable bonds is 4. The van der Waals surface area contributed by atoms with Gasteiger partial charge in [0.05, 0.1) is 12.3 Å². The predicted molar refractivity (Wildman–Crippen MR) is 59.9 cm³/mol. The van der Waals surface area contributed by atoms with Crippen molar-refractivity contribution in [2.45, 2.75) is 25.7 Å². The third-order valence-corrected chi connectivity index (χ3v) is 2.74. The SMILES string of the molecule is CCOC(=O)c1oc(-c2ccon2)nc1C1CC1. The Kier molecular flexibility index (Phi) is 2.62. The summed E-state index contributed by atoms with van der Waals surface area (Å²) in [6.07, 6.45) is 3.48. The molecule has 0 spiro atoms. The van der Waals surface area contributed by atoms with Crippen molar-refractivity contribution < 1.29 is 18.5 Å². The van der Waals surface area contributed by atoms with Crippen molar-refractivity contribution in [1.82, 2.24) is 10.1 Å². The van der Waals surface area contributed by atoms with Crippen molar-refractivity contribution in [1.29, 1.82) is 0 Å². The van der Waals surface area contributed by atoms with Crippen molar-refractivity contribution in [2.75, 3.05) is 6.61 Å². The van der Waals surface area contributed by atoms with Gasteiger partial charge in [0.1, 0.15) is 6.26 Å². The van der Waals surface area contributed by atoms with Crippen LogP contribution >= 0.6 is 0 Å². The van der Waals surface area contributed by atoms with Gasteiger partial charge in [-0.25, -0.2) is 9.78 Å². The molecule has 0 bridgehead atoms. The van der Waals surface area contributed by atoms with E-state index in [9.17, 15) is 4.79 Å². The minimum absolute atomic E-state index is 0.192. The van der Waals surface area contributed by atoms with E-state index in [2.05, 4.69) is 10.1 Å². The minimum Gasteiger partial charge on any atom is -0.460 e. The number of nitrogens with zero attached hydrogens (tertiary/aromatic N) is 2. The quantitative estimate of drug-likeness (QED) is 0.773. The van der Waals surface area contributed by atoms with Crippen LogP contribution in [0.15, 0.2) is 21.3 Å². The summed E-state index contributed by atoms with van der Waals surface area (Å²) in [5, 5.41) is 3.74. The summed E-state index contributed by atoms with van der Waals surface area (Å²) >= 11 is 0. The summed E-state index contributed by atoms with van der Waals surface area (Å²) in [6, 6.07) is 1.64. The Morgan fingerprint density at radius 3 is 3.00 bits per heavy atom. The normalized spacial score (nSPS) is 14.7. The van der Waals surface area contributed by atoms with Gasteiger partial charge in [0.2, 0.25) is 11.7 Å². The zero-order chi connectivity index (χ0) is 12.5. The first-order valence-corrected chi connectivity index (χ1v) is 5.88. The molecule has 0 aliphatic heterocycles. The number of carbonyl (C=O) groups is 1. The van der Waals surface area contributed by atoms with Gasteiger partial charge in [-0.05, 0) is 19.8 Å². The summed E-state index contributed by atoms with van der Waals surface area (Å²) < 4.78 is 15.2. The Labute approximate surface area is 103 Å². The summed E-state index contributed by atoms with van der Waals surface area (Å²) in [5.74, 6) is 0.321. The molecule has 3 rings (SSSR count). The van der Waals surface area contributed by atoms with E-state index in [0.29, 0.717) is 29.8 Å². The first-order valence-electron chi connectivity index (χ1n) is 5.88. The van der Waals surface area contributed by atoms with E-state index in [-0.39, 0.29) is 5.76 Å². The van der Waals surface area contributed by atoms with Gasteiger partial charge in [0.15, 0.2) is 5.69 Å².